The van der Waals surface area contributed by atoms with Crippen LogP contribution in [0.1, 0.15) is 111 Å². The molecule has 38 heavy (non-hydrogen) atoms. The molecule has 0 radical (unpaired) electrons. The van der Waals surface area contributed by atoms with Crippen molar-refractivity contribution in [2.75, 3.05) is 26.2 Å². The lowest BCUT2D eigenvalue weighted by Gasteiger charge is -2.19. The minimum atomic E-state index is -0.0600. The van der Waals surface area contributed by atoms with Gasteiger partial charge in [0.05, 0.1) is 6.54 Å². The number of rotatable bonds is 19. The summed E-state index contributed by atoms with van der Waals surface area (Å²) in [4.78, 5) is 47.3. The van der Waals surface area contributed by atoms with Crippen molar-refractivity contribution in [3.05, 3.63) is 0 Å². The Hall–Kier alpha value is -2.16. The molecule has 1 saturated carbocycles. The van der Waals surface area contributed by atoms with Crippen LogP contribution in [-0.2, 0) is 19.2 Å². The predicted octanol–water partition coefficient (Wildman–Crippen LogP) is 2.93. The van der Waals surface area contributed by atoms with Gasteiger partial charge in [-0.15, -0.1) is 0 Å². The average Bonchev–Trinajstić information content (AvgIpc) is 3.40. The van der Waals surface area contributed by atoms with Crippen molar-refractivity contribution in [2.45, 2.75) is 122 Å². The first kappa shape index (κ1) is 32.1. The van der Waals surface area contributed by atoms with Crippen LogP contribution in [0, 0.1) is 11.8 Å². The van der Waals surface area contributed by atoms with E-state index in [1.807, 2.05) is 20.8 Å². The summed E-state index contributed by atoms with van der Waals surface area (Å²) in [6, 6.07) is 0.375. The van der Waals surface area contributed by atoms with Gasteiger partial charge in [-0.3, -0.25) is 19.2 Å². The van der Waals surface area contributed by atoms with Crippen LogP contribution >= 0.6 is 0 Å². The fraction of sp³-hybridized carbons (Fsp3) is 0.862. The van der Waals surface area contributed by atoms with Gasteiger partial charge in [0.1, 0.15) is 0 Å². The van der Waals surface area contributed by atoms with Gasteiger partial charge in [-0.1, -0.05) is 19.3 Å². The molecule has 4 amide bonds. The van der Waals surface area contributed by atoms with Crippen LogP contribution in [0.2, 0.25) is 0 Å². The molecular formula is C29H53N5O4. The number of unbranched alkanes of at least 4 members (excludes halogenated alkanes) is 5. The van der Waals surface area contributed by atoms with Crippen LogP contribution in [0.15, 0.2) is 0 Å². The van der Waals surface area contributed by atoms with E-state index in [0.717, 1.165) is 64.2 Å². The number of fused-ring (bicyclic) bond motifs is 1. The molecule has 0 aromatic carbocycles. The second-order valence-corrected chi connectivity index (χ2v) is 12.2. The summed E-state index contributed by atoms with van der Waals surface area (Å²) in [6.07, 6.45) is 12.6. The van der Waals surface area contributed by atoms with E-state index in [1.165, 1.54) is 6.42 Å². The van der Waals surface area contributed by atoms with Crippen molar-refractivity contribution < 1.29 is 19.2 Å². The monoisotopic (exact) mass is 535 g/mol. The van der Waals surface area contributed by atoms with Gasteiger partial charge < -0.3 is 26.6 Å². The maximum Gasteiger partial charge on any atom is 0.233 e. The molecule has 2 rings (SSSR count). The largest absolute Gasteiger partial charge is 0.356 e. The average molecular weight is 536 g/mol. The first-order chi connectivity index (χ1) is 18.1. The molecule has 0 aromatic rings. The normalized spacial score (nSPS) is 20.6. The number of hydrogen-bond acceptors (Lipinski definition) is 5. The summed E-state index contributed by atoms with van der Waals surface area (Å²) in [5.74, 6) is 1.52. The lowest BCUT2D eigenvalue weighted by molar-refractivity contribution is -0.121. The van der Waals surface area contributed by atoms with Gasteiger partial charge in [0.2, 0.25) is 23.6 Å². The van der Waals surface area contributed by atoms with E-state index >= 15 is 0 Å². The van der Waals surface area contributed by atoms with E-state index in [0.29, 0.717) is 63.3 Å². The van der Waals surface area contributed by atoms with Gasteiger partial charge >= 0.3 is 0 Å². The van der Waals surface area contributed by atoms with Gasteiger partial charge in [-0.25, -0.2) is 0 Å². The lowest BCUT2D eigenvalue weighted by atomic mass is 9.94. The summed E-state index contributed by atoms with van der Waals surface area (Å²) < 4.78 is 0. The SMILES string of the molecule is CC(C)(C)NCC(=O)NCCCCCCNC(=O)CCCCNC(=O)CCCCC1CC[C@@H]2CC(=O)N[C@H]12. The Kier molecular flexibility index (Phi) is 14.7. The highest BCUT2D eigenvalue weighted by atomic mass is 16.2. The zero-order valence-corrected chi connectivity index (χ0v) is 24.1. The minimum Gasteiger partial charge on any atom is -0.356 e. The molecule has 218 valence electrons. The van der Waals surface area contributed by atoms with Crippen LogP contribution in [0.5, 0.6) is 0 Å². The molecule has 3 atom stereocenters. The molecule has 0 bridgehead atoms. The van der Waals surface area contributed by atoms with E-state index in [4.69, 9.17) is 0 Å². The number of amides is 4. The number of carbonyl (C=O) groups is 4. The summed E-state index contributed by atoms with van der Waals surface area (Å²) in [7, 11) is 0. The second kappa shape index (κ2) is 17.4. The fourth-order valence-corrected chi connectivity index (χ4v) is 5.42. The maximum atomic E-state index is 12.1. The molecular weight excluding hydrogens is 482 g/mol. The number of carbonyl (C=O) groups excluding carboxylic acids is 4. The van der Waals surface area contributed by atoms with Crippen molar-refractivity contribution >= 4 is 23.6 Å². The molecule has 1 aliphatic heterocycles. The van der Waals surface area contributed by atoms with E-state index in [2.05, 4.69) is 26.6 Å². The van der Waals surface area contributed by atoms with Crippen LogP contribution in [0.4, 0.5) is 0 Å². The number of hydrogen-bond donors (Lipinski definition) is 5. The van der Waals surface area contributed by atoms with Crippen LogP contribution in [0.25, 0.3) is 0 Å². The Morgan fingerprint density at radius 1 is 0.763 bits per heavy atom. The highest BCUT2D eigenvalue weighted by molar-refractivity contribution is 5.79. The van der Waals surface area contributed by atoms with Gasteiger partial charge in [0.15, 0.2) is 0 Å². The van der Waals surface area contributed by atoms with E-state index in [-0.39, 0.29) is 29.2 Å². The smallest absolute Gasteiger partial charge is 0.233 e. The quantitative estimate of drug-likeness (QED) is 0.163. The fourth-order valence-electron chi connectivity index (χ4n) is 5.42. The second-order valence-electron chi connectivity index (χ2n) is 12.2. The molecule has 5 N–H and O–H groups in total. The third-order valence-electron chi connectivity index (χ3n) is 7.61. The topological polar surface area (TPSA) is 128 Å². The van der Waals surface area contributed by atoms with Gasteiger partial charge in [0.25, 0.3) is 0 Å². The zero-order chi connectivity index (χ0) is 27.8. The standard InChI is InChI=1S/C29H53N5O4/c1-29(2,3)33-21-27(38)32-18-10-5-4-9-17-30-25(36)14-8-11-19-31-24(35)13-7-6-12-22-15-16-23-20-26(37)34-28(22)23/h22-23,28,33H,4-21H2,1-3H3,(H,30,36)(H,31,35)(H,32,38)(H,34,37)/t22?,23-,28-/m1/s1. The Bertz CT molecular complexity index is 752. The van der Waals surface area contributed by atoms with E-state index in [9.17, 15) is 19.2 Å². The third-order valence-corrected chi connectivity index (χ3v) is 7.61. The third kappa shape index (κ3) is 14.1. The van der Waals surface area contributed by atoms with Crippen LogP contribution < -0.4 is 26.6 Å². The van der Waals surface area contributed by atoms with Gasteiger partial charge in [-0.05, 0) is 84.0 Å². The molecule has 0 aromatic heterocycles. The molecule has 2 fully saturated rings. The highest BCUT2D eigenvalue weighted by Gasteiger charge is 2.41. The molecule has 9 nitrogen and oxygen atoms in total. The summed E-state index contributed by atoms with van der Waals surface area (Å²) in [6.45, 7) is 8.44. The van der Waals surface area contributed by atoms with E-state index in [1.54, 1.807) is 0 Å². The van der Waals surface area contributed by atoms with Gasteiger partial charge in [-0.2, -0.15) is 0 Å². The van der Waals surface area contributed by atoms with Crippen LogP contribution in [0.3, 0.4) is 0 Å². The first-order valence-electron chi connectivity index (χ1n) is 15.0. The highest BCUT2D eigenvalue weighted by Crippen LogP contribution is 2.39. The lowest BCUT2D eigenvalue weighted by Crippen LogP contribution is -2.43. The minimum absolute atomic E-state index is 0.0291. The predicted molar refractivity (Wildman–Crippen MR) is 150 cm³/mol. The molecule has 1 saturated heterocycles. The van der Waals surface area contributed by atoms with Crippen LogP contribution in [-0.4, -0.2) is 61.4 Å². The Labute approximate surface area is 229 Å². The molecule has 1 heterocycles. The van der Waals surface area contributed by atoms with Crippen molar-refractivity contribution in [3.63, 3.8) is 0 Å². The molecule has 1 unspecified atom stereocenters. The molecule has 0 spiro atoms. The van der Waals surface area contributed by atoms with E-state index < -0.39 is 0 Å². The summed E-state index contributed by atoms with van der Waals surface area (Å²) in [5.41, 5.74) is -0.0600. The first-order valence-corrected chi connectivity index (χ1v) is 15.0. The Morgan fingerprint density at radius 3 is 1.92 bits per heavy atom. The van der Waals surface area contributed by atoms with Crippen molar-refractivity contribution in [1.82, 2.24) is 26.6 Å². The number of nitrogens with one attached hydrogen (secondary N) is 5. The molecule has 2 aliphatic rings. The van der Waals surface area contributed by atoms with Crippen molar-refractivity contribution in [1.29, 1.82) is 0 Å². The van der Waals surface area contributed by atoms with Gasteiger partial charge in [0, 0.05) is 50.5 Å². The van der Waals surface area contributed by atoms with Crippen molar-refractivity contribution in [2.24, 2.45) is 11.8 Å². The Balaban J connectivity index is 1.32. The summed E-state index contributed by atoms with van der Waals surface area (Å²) >= 11 is 0. The van der Waals surface area contributed by atoms with Crippen molar-refractivity contribution in [3.8, 4) is 0 Å². The molecule has 1 aliphatic carbocycles. The maximum absolute atomic E-state index is 12.1. The zero-order valence-electron chi connectivity index (χ0n) is 24.1. The Morgan fingerprint density at radius 2 is 1.32 bits per heavy atom. The summed E-state index contributed by atoms with van der Waals surface area (Å²) in [5, 5.41) is 15.2. The molecule has 9 heteroatoms.